The third-order valence-corrected chi connectivity index (χ3v) is 14.1. The van der Waals surface area contributed by atoms with Crippen LogP contribution < -0.4 is 9.47 Å². The number of carbonyl (C=O) groups excluding carboxylic acids is 1. The van der Waals surface area contributed by atoms with Crippen molar-refractivity contribution in [1.82, 2.24) is 9.80 Å². The minimum absolute atomic E-state index is 0.0287. The van der Waals surface area contributed by atoms with E-state index in [0.29, 0.717) is 56.0 Å². The standard InChI is InChI=1S/C24H23F6NO2.C24H25F6NO.C4H8O/c25-23(26,27)18-4-2-17(3-5-18)22(11-1-12-22)21(32)31-13-10-16(14-31)15-33-20-8-6-19(7-9-20)24(28,29)30;25-23(26,27)19-4-2-18(3-5-19)22(11-1-12-22)16-31-13-10-17(14-31)15-32-21-8-6-20(7-9-21)24(28,29)30;1-2-4-5-3-1/h2-9,16H,1,10-15H2;2-9,17H,1,10-16H2;1-4H2/t16-;17-;/m00./s1. The first kappa shape index (κ1) is 52.8. The van der Waals surface area contributed by atoms with Crippen molar-refractivity contribution in [2.75, 3.05) is 59.2 Å². The molecule has 5 fully saturated rings. The molecule has 3 saturated heterocycles. The number of likely N-dealkylation sites (tertiary alicyclic amines) is 2. The van der Waals surface area contributed by atoms with Crippen LogP contribution in [-0.4, -0.2) is 74.9 Å². The van der Waals surface area contributed by atoms with Crippen molar-refractivity contribution in [1.29, 1.82) is 0 Å². The van der Waals surface area contributed by atoms with Gasteiger partial charge in [-0.15, -0.1) is 0 Å². The highest BCUT2D eigenvalue weighted by Crippen LogP contribution is 2.48. The summed E-state index contributed by atoms with van der Waals surface area (Å²) in [5.41, 5.74) is -2.14. The first-order valence-corrected chi connectivity index (χ1v) is 23.6. The van der Waals surface area contributed by atoms with E-state index in [-0.39, 0.29) is 29.8 Å². The SMILES string of the molecule is C1CCOC1.FC(F)(F)c1ccc(OC[C@H]2CCN(CC3(c4ccc(C(F)(F)F)cc4)CCC3)C2)cc1.O=C(N1CC[C@H](COc2ccc(C(F)(F)F)cc2)C1)C1(c2ccc(C(F)(F)F)cc2)CCC1. The van der Waals surface area contributed by atoms with E-state index in [2.05, 4.69) is 4.90 Å². The number of benzene rings is 4. The van der Waals surface area contributed by atoms with Gasteiger partial charge < -0.3 is 24.0 Å². The molecule has 70 heavy (non-hydrogen) atoms. The number of rotatable bonds is 11. The number of ether oxygens (including phenoxy) is 3. The van der Waals surface area contributed by atoms with Gasteiger partial charge >= 0.3 is 24.7 Å². The summed E-state index contributed by atoms with van der Waals surface area (Å²) in [6.07, 6.45) is -8.35. The van der Waals surface area contributed by atoms with E-state index in [9.17, 15) is 57.5 Å². The Kier molecular flexibility index (Phi) is 16.5. The van der Waals surface area contributed by atoms with Crippen LogP contribution in [-0.2, 0) is 45.1 Å². The molecule has 5 aliphatic rings. The minimum Gasteiger partial charge on any atom is -0.493 e. The smallest absolute Gasteiger partial charge is 0.416 e. The highest BCUT2D eigenvalue weighted by molar-refractivity contribution is 5.89. The number of halogens is 12. The minimum atomic E-state index is -4.43. The second kappa shape index (κ2) is 21.8. The van der Waals surface area contributed by atoms with Crippen molar-refractivity contribution in [2.24, 2.45) is 11.8 Å². The van der Waals surface area contributed by atoms with Crippen molar-refractivity contribution < 1.29 is 71.7 Å². The zero-order valence-electron chi connectivity index (χ0n) is 38.4. The maximum Gasteiger partial charge on any atom is 0.416 e. The van der Waals surface area contributed by atoms with Gasteiger partial charge in [0.2, 0.25) is 5.91 Å². The topological polar surface area (TPSA) is 51.2 Å². The van der Waals surface area contributed by atoms with Gasteiger partial charge in [0.1, 0.15) is 11.5 Å². The average Bonchev–Trinajstić information content (AvgIpc) is 4.11. The molecule has 3 aliphatic heterocycles. The van der Waals surface area contributed by atoms with Gasteiger partial charge in [0.15, 0.2) is 0 Å². The highest BCUT2D eigenvalue weighted by Gasteiger charge is 2.49. The molecule has 2 atom stereocenters. The van der Waals surface area contributed by atoms with Gasteiger partial charge in [-0.25, -0.2) is 0 Å². The fourth-order valence-electron chi connectivity index (χ4n) is 9.78. The Morgan fingerprint density at radius 1 is 0.514 bits per heavy atom. The first-order valence-electron chi connectivity index (χ1n) is 23.6. The van der Waals surface area contributed by atoms with Gasteiger partial charge in [-0.1, -0.05) is 37.1 Å². The lowest BCUT2D eigenvalue weighted by Crippen LogP contribution is -2.50. The Hall–Kier alpha value is -4.97. The van der Waals surface area contributed by atoms with Crippen molar-refractivity contribution in [3.63, 3.8) is 0 Å². The lowest BCUT2D eigenvalue weighted by molar-refractivity contribution is -0.140. The van der Waals surface area contributed by atoms with Crippen LogP contribution in [0.25, 0.3) is 0 Å². The lowest BCUT2D eigenvalue weighted by Gasteiger charge is -2.45. The second-order valence-corrected chi connectivity index (χ2v) is 19.0. The zero-order valence-corrected chi connectivity index (χ0v) is 38.4. The molecule has 0 bridgehead atoms. The first-order chi connectivity index (χ1) is 33.0. The lowest BCUT2D eigenvalue weighted by atomic mass is 9.63. The van der Waals surface area contributed by atoms with Crippen LogP contribution in [0.15, 0.2) is 97.1 Å². The number of nitrogens with zero attached hydrogens (tertiary/aromatic N) is 2. The summed E-state index contributed by atoms with van der Waals surface area (Å²) in [7, 11) is 0. The Balaban J connectivity index is 0.000000187. The monoisotopic (exact) mass is 1000 g/mol. The van der Waals surface area contributed by atoms with E-state index in [1.54, 1.807) is 17.0 Å². The largest absolute Gasteiger partial charge is 0.493 e. The fourth-order valence-corrected chi connectivity index (χ4v) is 9.78. The molecular formula is C52H56F12N2O4. The molecule has 0 radical (unpaired) electrons. The number of alkyl halides is 12. The quantitative estimate of drug-likeness (QED) is 0.140. The Bertz CT molecular complexity index is 2280. The van der Waals surface area contributed by atoms with Gasteiger partial charge in [-0.3, -0.25) is 4.79 Å². The van der Waals surface area contributed by atoms with Crippen LogP contribution in [0.1, 0.15) is 97.6 Å². The normalized spacial score (nSPS) is 21.1. The van der Waals surface area contributed by atoms with Crippen LogP contribution in [0.2, 0.25) is 0 Å². The summed E-state index contributed by atoms with van der Waals surface area (Å²) in [4.78, 5) is 17.4. The van der Waals surface area contributed by atoms with Crippen molar-refractivity contribution >= 4 is 5.91 Å². The molecule has 0 aromatic heterocycles. The molecule has 4 aromatic rings. The second-order valence-electron chi connectivity index (χ2n) is 19.0. The summed E-state index contributed by atoms with van der Waals surface area (Å²) < 4.78 is 170. The van der Waals surface area contributed by atoms with Crippen LogP contribution in [0.5, 0.6) is 11.5 Å². The summed E-state index contributed by atoms with van der Waals surface area (Å²) >= 11 is 0. The summed E-state index contributed by atoms with van der Waals surface area (Å²) in [6, 6.07) is 19.6. The predicted octanol–water partition coefficient (Wildman–Crippen LogP) is 13.4. The van der Waals surface area contributed by atoms with Crippen LogP contribution >= 0.6 is 0 Å². The van der Waals surface area contributed by atoms with E-state index in [1.165, 1.54) is 61.4 Å². The maximum atomic E-state index is 13.3. The van der Waals surface area contributed by atoms with Crippen molar-refractivity contribution in [3.8, 4) is 11.5 Å². The highest BCUT2D eigenvalue weighted by atomic mass is 19.4. The molecule has 18 heteroatoms. The third kappa shape index (κ3) is 13.3. The van der Waals surface area contributed by atoms with Crippen LogP contribution in [0, 0.1) is 11.8 Å². The summed E-state index contributed by atoms with van der Waals surface area (Å²) in [5, 5.41) is 0. The Morgan fingerprint density at radius 3 is 1.29 bits per heavy atom. The van der Waals surface area contributed by atoms with E-state index in [4.69, 9.17) is 14.2 Å². The molecule has 4 aromatic carbocycles. The molecule has 9 rings (SSSR count). The van der Waals surface area contributed by atoms with Gasteiger partial charge in [-0.05, 0) is 142 Å². The van der Waals surface area contributed by atoms with Crippen LogP contribution in [0.3, 0.4) is 0 Å². The maximum absolute atomic E-state index is 13.3. The van der Waals surface area contributed by atoms with Gasteiger partial charge in [-0.2, -0.15) is 52.7 Å². The molecule has 1 amide bonds. The van der Waals surface area contributed by atoms with Crippen LogP contribution in [0.4, 0.5) is 52.7 Å². The van der Waals surface area contributed by atoms with E-state index >= 15 is 0 Å². The third-order valence-electron chi connectivity index (χ3n) is 14.1. The summed E-state index contributed by atoms with van der Waals surface area (Å²) in [5.74, 6) is 0.957. The molecule has 3 heterocycles. The zero-order chi connectivity index (χ0) is 50.4. The molecule has 0 N–H and O–H groups in total. The number of hydrogen-bond acceptors (Lipinski definition) is 5. The molecule has 2 saturated carbocycles. The molecule has 382 valence electrons. The average molecular weight is 1000 g/mol. The molecular weight excluding hydrogens is 945 g/mol. The van der Waals surface area contributed by atoms with Gasteiger partial charge in [0.05, 0.1) is 40.9 Å². The van der Waals surface area contributed by atoms with Crippen molar-refractivity contribution in [3.05, 3.63) is 130 Å². The Morgan fingerprint density at radius 2 is 0.914 bits per heavy atom. The van der Waals surface area contributed by atoms with E-state index in [1.807, 2.05) is 0 Å². The van der Waals surface area contributed by atoms with Gasteiger partial charge in [0, 0.05) is 56.6 Å². The number of hydrogen-bond donors (Lipinski definition) is 0. The van der Waals surface area contributed by atoms with Crippen molar-refractivity contribution in [2.45, 2.75) is 99.7 Å². The van der Waals surface area contributed by atoms with Gasteiger partial charge in [0.25, 0.3) is 0 Å². The molecule has 6 nitrogen and oxygen atoms in total. The number of carbonyl (C=O) groups is 1. The summed E-state index contributed by atoms with van der Waals surface area (Å²) in [6.45, 7) is 6.14. The molecule has 2 aliphatic carbocycles. The number of amides is 1. The molecule has 0 unspecified atom stereocenters. The predicted molar refractivity (Wildman–Crippen MR) is 237 cm³/mol. The van der Waals surface area contributed by atoms with E-state index in [0.717, 1.165) is 107 Å². The van der Waals surface area contributed by atoms with E-state index < -0.39 is 52.4 Å². The molecule has 0 spiro atoms. The fraction of sp³-hybridized carbons (Fsp3) is 0.519. The Labute approximate surface area is 399 Å².